The maximum absolute atomic E-state index is 5.48. The summed E-state index contributed by atoms with van der Waals surface area (Å²) in [5, 5.41) is 4.85. The highest BCUT2D eigenvalue weighted by Gasteiger charge is 2.41. The molecule has 3 aliphatic rings. The number of aromatic nitrogens is 2. The van der Waals surface area contributed by atoms with E-state index in [1.807, 2.05) is 0 Å². The summed E-state index contributed by atoms with van der Waals surface area (Å²) in [6, 6.07) is 9.08. The first-order chi connectivity index (χ1) is 14.8. The van der Waals surface area contributed by atoms with E-state index in [1.54, 1.807) is 5.56 Å². The molecular formula is C25H30N4O. The SMILES string of the molecule is c1cc2[nH]cc(Nc3cc4c(cn3)CCC43CCCC3)c2cc1CN1CCOCC1. The van der Waals surface area contributed by atoms with Gasteiger partial charge in [0.05, 0.1) is 18.9 Å². The van der Waals surface area contributed by atoms with Crippen LogP contribution in [0.25, 0.3) is 10.9 Å². The van der Waals surface area contributed by atoms with Gasteiger partial charge in [0.1, 0.15) is 5.82 Å². The molecule has 2 aromatic heterocycles. The minimum absolute atomic E-state index is 0.431. The highest BCUT2D eigenvalue weighted by atomic mass is 16.5. The third-order valence-corrected chi connectivity index (χ3v) is 7.51. The van der Waals surface area contributed by atoms with Crippen molar-refractivity contribution in [2.75, 3.05) is 31.6 Å². The lowest BCUT2D eigenvalue weighted by Crippen LogP contribution is -2.35. The Kier molecular flexibility index (Phi) is 4.54. The number of aryl methyl sites for hydroxylation is 1. The minimum atomic E-state index is 0.431. The predicted molar refractivity (Wildman–Crippen MR) is 120 cm³/mol. The Morgan fingerprint density at radius 2 is 1.97 bits per heavy atom. The van der Waals surface area contributed by atoms with Crippen LogP contribution in [0.3, 0.4) is 0 Å². The number of fused-ring (bicyclic) bond motifs is 3. The average molecular weight is 403 g/mol. The number of morpholine rings is 1. The predicted octanol–water partition coefficient (Wildman–Crippen LogP) is 4.90. The molecule has 1 spiro atoms. The molecule has 5 nitrogen and oxygen atoms in total. The monoisotopic (exact) mass is 402 g/mol. The first-order valence-electron chi connectivity index (χ1n) is 11.5. The van der Waals surface area contributed by atoms with E-state index in [1.165, 1.54) is 55.0 Å². The molecular weight excluding hydrogens is 372 g/mol. The van der Waals surface area contributed by atoms with E-state index in [-0.39, 0.29) is 0 Å². The van der Waals surface area contributed by atoms with Crippen molar-refractivity contribution in [3.8, 4) is 0 Å². The lowest BCUT2D eigenvalue weighted by Gasteiger charge is -2.26. The lowest BCUT2D eigenvalue weighted by molar-refractivity contribution is 0.0342. The van der Waals surface area contributed by atoms with Crippen molar-refractivity contribution < 1.29 is 4.74 Å². The average Bonchev–Trinajstić information content (AvgIpc) is 3.50. The normalized spacial score (nSPS) is 20.8. The van der Waals surface area contributed by atoms with Crippen LogP contribution in [0.1, 0.15) is 48.8 Å². The quantitative estimate of drug-likeness (QED) is 0.652. The number of anilines is 2. The summed E-state index contributed by atoms with van der Waals surface area (Å²) in [6.45, 7) is 4.67. The smallest absolute Gasteiger partial charge is 0.130 e. The molecule has 0 bridgehead atoms. The van der Waals surface area contributed by atoms with Crippen LogP contribution in [0, 0.1) is 0 Å². The molecule has 2 N–H and O–H groups in total. The molecule has 1 aliphatic heterocycles. The van der Waals surface area contributed by atoms with E-state index in [0.29, 0.717) is 5.41 Å². The van der Waals surface area contributed by atoms with Crippen LogP contribution >= 0.6 is 0 Å². The number of nitrogens with one attached hydrogen (secondary N) is 2. The Bertz CT molecular complexity index is 1060. The summed E-state index contributed by atoms with van der Waals surface area (Å²) in [4.78, 5) is 10.6. The molecule has 0 radical (unpaired) electrons. The number of ether oxygens (including phenoxy) is 1. The fourth-order valence-electron chi connectivity index (χ4n) is 5.85. The van der Waals surface area contributed by atoms with Gasteiger partial charge in [-0.2, -0.15) is 0 Å². The molecule has 2 aliphatic carbocycles. The second-order valence-corrected chi connectivity index (χ2v) is 9.31. The van der Waals surface area contributed by atoms with E-state index >= 15 is 0 Å². The molecule has 30 heavy (non-hydrogen) atoms. The Morgan fingerprint density at radius 1 is 1.10 bits per heavy atom. The molecule has 2 fully saturated rings. The summed E-state index contributed by atoms with van der Waals surface area (Å²) < 4.78 is 5.48. The van der Waals surface area contributed by atoms with Gasteiger partial charge in [-0.3, -0.25) is 4.90 Å². The standard InChI is InChI=1S/C25H30N4O/c1-2-7-25(6-1)8-5-19-15-27-24(14-21(19)25)28-23-16-26-22-4-3-18(13-20(22)23)17-29-9-11-30-12-10-29/h3-4,13-16,26H,1-2,5-12,17H2,(H,27,28). The van der Waals surface area contributed by atoms with Crippen LogP contribution in [0.4, 0.5) is 11.5 Å². The van der Waals surface area contributed by atoms with Gasteiger partial charge in [-0.25, -0.2) is 4.98 Å². The first kappa shape index (κ1) is 18.4. The molecule has 6 rings (SSSR count). The molecule has 0 amide bonds. The van der Waals surface area contributed by atoms with Gasteiger partial charge in [0.25, 0.3) is 0 Å². The Labute approximate surface area is 177 Å². The molecule has 1 saturated heterocycles. The van der Waals surface area contributed by atoms with Crippen LogP contribution in [0.2, 0.25) is 0 Å². The van der Waals surface area contributed by atoms with Gasteiger partial charge in [0.15, 0.2) is 0 Å². The van der Waals surface area contributed by atoms with Crippen molar-refractivity contribution in [2.24, 2.45) is 0 Å². The van der Waals surface area contributed by atoms with Gasteiger partial charge >= 0.3 is 0 Å². The Morgan fingerprint density at radius 3 is 2.83 bits per heavy atom. The van der Waals surface area contributed by atoms with Crippen molar-refractivity contribution in [3.63, 3.8) is 0 Å². The maximum Gasteiger partial charge on any atom is 0.130 e. The fourth-order valence-corrected chi connectivity index (χ4v) is 5.85. The fraction of sp³-hybridized carbons (Fsp3) is 0.480. The molecule has 1 saturated carbocycles. The van der Waals surface area contributed by atoms with Crippen LogP contribution in [-0.2, 0) is 23.1 Å². The molecule has 3 aromatic rings. The Balaban J connectivity index is 1.27. The summed E-state index contributed by atoms with van der Waals surface area (Å²) in [7, 11) is 0. The van der Waals surface area contributed by atoms with Gasteiger partial charge < -0.3 is 15.0 Å². The second-order valence-electron chi connectivity index (χ2n) is 9.31. The number of nitrogens with zero attached hydrogens (tertiary/aromatic N) is 2. The highest BCUT2D eigenvalue weighted by molar-refractivity contribution is 5.94. The van der Waals surface area contributed by atoms with E-state index in [9.17, 15) is 0 Å². The lowest BCUT2D eigenvalue weighted by atomic mass is 9.80. The molecule has 0 unspecified atom stereocenters. The van der Waals surface area contributed by atoms with Crippen molar-refractivity contribution in [3.05, 3.63) is 53.3 Å². The zero-order valence-corrected chi connectivity index (χ0v) is 17.5. The van der Waals surface area contributed by atoms with Gasteiger partial charge in [0.2, 0.25) is 0 Å². The number of hydrogen-bond donors (Lipinski definition) is 2. The zero-order valence-electron chi connectivity index (χ0n) is 17.5. The van der Waals surface area contributed by atoms with E-state index in [4.69, 9.17) is 9.72 Å². The third kappa shape index (κ3) is 3.21. The number of benzene rings is 1. The van der Waals surface area contributed by atoms with Crippen LogP contribution in [-0.4, -0.2) is 41.2 Å². The van der Waals surface area contributed by atoms with E-state index < -0.39 is 0 Å². The van der Waals surface area contributed by atoms with Crippen molar-refractivity contribution in [1.82, 2.24) is 14.9 Å². The summed E-state index contributed by atoms with van der Waals surface area (Å²) in [5.74, 6) is 0.974. The van der Waals surface area contributed by atoms with Crippen LogP contribution < -0.4 is 5.32 Å². The van der Waals surface area contributed by atoms with Gasteiger partial charge in [0, 0.05) is 42.9 Å². The zero-order chi connectivity index (χ0) is 20.0. The molecule has 156 valence electrons. The molecule has 3 heterocycles. The van der Waals surface area contributed by atoms with Crippen LogP contribution in [0.5, 0.6) is 0 Å². The van der Waals surface area contributed by atoms with Gasteiger partial charge in [-0.1, -0.05) is 18.9 Å². The highest BCUT2D eigenvalue weighted by Crippen LogP contribution is 2.50. The maximum atomic E-state index is 5.48. The van der Waals surface area contributed by atoms with Crippen molar-refractivity contribution in [2.45, 2.75) is 50.5 Å². The summed E-state index contributed by atoms with van der Waals surface area (Å²) in [5.41, 5.74) is 7.08. The van der Waals surface area contributed by atoms with Gasteiger partial charge in [-0.15, -0.1) is 0 Å². The summed E-state index contributed by atoms with van der Waals surface area (Å²) >= 11 is 0. The van der Waals surface area contributed by atoms with E-state index in [2.05, 4.69) is 51.9 Å². The number of H-pyrrole nitrogens is 1. The second kappa shape index (κ2) is 7.40. The number of pyridine rings is 1. The number of rotatable bonds is 4. The molecule has 0 atom stereocenters. The summed E-state index contributed by atoms with van der Waals surface area (Å²) in [6.07, 6.45) is 12.1. The topological polar surface area (TPSA) is 53.2 Å². The molecule has 1 aromatic carbocycles. The first-order valence-corrected chi connectivity index (χ1v) is 11.5. The van der Waals surface area contributed by atoms with E-state index in [0.717, 1.165) is 49.9 Å². The molecule has 5 heteroatoms. The van der Waals surface area contributed by atoms with Gasteiger partial charge in [-0.05, 0) is 66.0 Å². The Hall–Kier alpha value is -2.37. The largest absolute Gasteiger partial charge is 0.379 e. The van der Waals surface area contributed by atoms with Crippen molar-refractivity contribution >= 4 is 22.4 Å². The number of aromatic amines is 1. The minimum Gasteiger partial charge on any atom is -0.379 e. The van der Waals surface area contributed by atoms with Crippen molar-refractivity contribution in [1.29, 1.82) is 0 Å². The number of hydrogen-bond acceptors (Lipinski definition) is 4. The third-order valence-electron chi connectivity index (χ3n) is 7.51. The van der Waals surface area contributed by atoms with Crippen LogP contribution in [0.15, 0.2) is 36.7 Å².